The summed E-state index contributed by atoms with van der Waals surface area (Å²) in [5.41, 5.74) is -1.39. The summed E-state index contributed by atoms with van der Waals surface area (Å²) in [6.45, 7) is 4.91. The molecule has 0 bridgehead atoms. The van der Waals surface area contributed by atoms with E-state index in [4.69, 9.17) is 9.84 Å². The molecule has 8 heteroatoms. The van der Waals surface area contributed by atoms with Crippen LogP contribution in [0.5, 0.6) is 0 Å². The van der Waals surface area contributed by atoms with Crippen LogP contribution in [0.4, 0.5) is 18.0 Å². The van der Waals surface area contributed by atoms with E-state index >= 15 is 0 Å². The van der Waals surface area contributed by atoms with Crippen molar-refractivity contribution >= 4 is 12.1 Å². The van der Waals surface area contributed by atoms with Crippen molar-refractivity contribution in [1.82, 2.24) is 5.32 Å². The van der Waals surface area contributed by atoms with Gasteiger partial charge in [-0.25, -0.2) is 4.79 Å². The van der Waals surface area contributed by atoms with Gasteiger partial charge in [-0.3, -0.25) is 4.79 Å². The molecule has 1 aromatic carbocycles. The highest BCUT2D eigenvalue weighted by atomic mass is 19.4. The van der Waals surface area contributed by atoms with E-state index in [1.165, 1.54) is 0 Å². The number of carbonyl (C=O) groups excluding carboxylic acids is 1. The van der Waals surface area contributed by atoms with Crippen molar-refractivity contribution in [3.05, 3.63) is 35.4 Å². The van der Waals surface area contributed by atoms with Gasteiger partial charge in [0, 0.05) is 0 Å². The van der Waals surface area contributed by atoms with Crippen LogP contribution >= 0.6 is 0 Å². The van der Waals surface area contributed by atoms with Crippen LogP contribution < -0.4 is 5.32 Å². The maximum Gasteiger partial charge on any atom is 0.416 e. The van der Waals surface area contributed by atoms with E-state index in [9.17, 15) is 22.8 Å². The van der Waals surface area contributed by atoms with Crippen LogP contribution in [0.2, 0.25) is 0 Å². The summed E-state index contributed by atoms with van der Waals surface area (Å²) in [4.78, 5) is 22.6. The summed E-state index contributed by atoms with van der Waals surface area (Å²) in [7, 11) is 0. The third-order valence-corrected chi connectivity index (χ3v) is 2.71. The van der Waals surface area contributed by atoms with Crippen molar-refractivity contribution in [3.63, 3.8) is 0 Å². The van der Waals surface area contributed by atoms with Gasteiger partial charge in [0.2, 0.25) is 0 Å². The topological polar surface area (TPSA) is 75.6 Å². The Morgan fingerprint density at radius 1 is 1.17 bits per heavy atom. The molecule has 0 aliphatic rings. The third kappa shape index (κ3) is 6.58. The SMILES string of the molecule is CC(C)(C)OC(=O)N[C@H](CC(=O)O)c1ccc(C(F)(F)F)cc1. The summed E-state index contributed by atoms with van der Waals surface area (Å²) < 4.78 is 42.7. The number of carboxylic acid groups (broad SMARTS) is 1. The quantitative estimate of drug-likeness (QED) is 0.880. The van der Waals surface area contributed by atoms with Crippen LogP contribution in [0.15, 0.2) is 24.3 Å². The summed E-state index contributed by atoms with van der Waals surface area (Å²) >= 11 is 0. The highest BCUT2D eigenvalue weighted by Gasteiger charge is 2.30. The second kappa shape index (κ2) is 6.89. The van der Waals surface area contributed by atoms with Crippen LogP contribution in [-0.4, -0.2) is 22.8 Å². The second-order valence-electron chi connectivity index (χ2n) is 5.92. The number of hydrogen-bond donors (Lipinski definition) is 2. The highest BCUT2D eigenvalue weighted by Crippen LogP contribution is 2.30. The minimum Gasteiger partial charge on any atom is -0.481 e. The van der Waals surface area contributed by atoms with Crippen LogP contribution in [0, 0.1) is 0 Å². The largest absolute Gasteiger partial charge is 0.481 e. The molecule has 0 saturated carbocycles. The van der Waals surface area contributed by atoms with Gasteiger partial charge in [0.15, 0.2) is 0 Å². The fourth-order valence-corrected chi connectivity index (χ4v) is 1.78. The molecule has 1 atom stereocenters. The van der Waals surface area contributed by atoms with Gasteiger partial charge in [-0.1, -0.05) is 12.1 Å². The number of aliphatic carboxylic acids is 1. The van der Waals surface area contributed by atoms with Gasteiger partial charge in [-0.15, -0.1) is 0 Å². The van der Waals surface area contributed by atoms with Gasteiger partial charge in [-0.2, -0.15) is 13.2 Å². The fraction of sp³-hybridized carbons (Fsp3) is 0.467. The second-order valence-corrected chi connectivity index (χ2v) is 5.92. The molecule has 128 valence electrons. The first-order valence-corrected chi connectivity index (χ1v) is 6.77. The van der Waals surface area contributed by atoms with Crippen LogP contribution in [0.25, 0.3) is 0 Å². The summed E-state index contributed by atoms with van der Waals surface area (Å²) in [5, 5.41) is 11.3. The van der Waals surface area contributed by atoms with E-state index in [1.54, 1.807) is 20.8 Å². The number of nitrogens with one attached hydrogen (secondary N) is 1. The molecule has 0 aliphatic carbocycles. The zero-order chi connectivity index (χ0) is 17.8. The molecule has 0 unspecified atom stereocenters. The van der Waals surface area contributed by atoms with E-state index < -0.39 is 41.9 Å². The molecule has 0 fully saturated rings. The van der Waals surface area contributed by atoms with Gasteiger partial charge in [0.05, 0.1) is 18.0 Å². The van der Waals surface area contributed by atoms with Crippen molar-refractivity contribution in [2.45, 2.75) is 45.0 Å². The lowest BCUT2D eigenvalue weighted by Gasteiger charge is -2.23. The Balaban J connectivity index is 2.94. The Kier molecular flexibility index (Phi) is 5.63. The first kappa shape index (κ1) is 18.8. The number of rotatable bonds is 4. The average Bonchev–Trinajstić information content (AvgIpc) is 2.34. The summed E-state index contributed by atoms with van der Waals surface area (Å²) in [5.74, 6) is -1.20. The molecular formula is C15H18F3NO4. The molecule has 0 heterocycles. The summed E-state index contributed by atoms with van der Waals surface area (Å²) in [6, 6.07) is 2.94. The molecule has 5 nitrogen and oxygen atoms in total. The predicted octanol–water partition coefficient (Wildman–Crippen LogP) is 3.75. The molecule has 2 N–H and O–H groups in total. The van der Waals surface area contributed by atoms with Gasteiger partial charge in [-0.05, 0) is 38.5 Å². The molecular weight excluding hydrogens is 315 g/mol. The smallest absolute Gasteiger partial charge is 0.416 e. The van der Waals surface area contributed by atoms with E-state index in [2.05, 4.69) is 5.32 Å². The molecule has 1 aromatic rings. The van der Waals surface area contributed by atoms with Gasteiger partial charge in [0.25, 0.3) is 0 Å². The Hall–Kier alpha value is -2.25. The third-order valence-electron chi connectivity index (χ3n) is 2.71. The fourth-order valence-electron chi connectivity index (χ4n) is 1.78. The molecule has 23 heavy (non-hydrogen) atoms. The lowest BCUT2D eigenvalue weighted by atomic mass is 10.0. The first-order chi connectivity index (χ1) is 10.4. The number of hydrogen-bond acceptors (Lipinski definition) is 3. The highest BCUT2D eigenvalue weighted by molar-refractivity contribution is 5.72. The zero-order valence-corrected chi connectivity index (χ0v) is 12.9. The predicted molar refractivity (Wildman–Crippen MR) is 75.8 cm³/mol. The molecule has 0 aromatic heterocycles. The molecule has 0 spiro atoms. The number of halogens is 3. The van der Waals surface area contributed by atoms with Gasteiger partial charge in [0.1, 0.15) is 5.60 Å². The Bertz CT molecular complexity index is 562. The Morgan fingerprint density at radius 2 is 1.70 bits per heavy atom. The molecule has 0 radical (unpaired) electrons. The number of benzene rings is 1. The van der Waals surface area contributed by atoms with Gasteiger partial charge >= 0.3 is 18.2 Å². The van der Waals surface area contributed by atoms with Crippen molar-refractivity contribution in [2.75, 3.05) is 0 Å². The van der Waals surface area contributed by atoms with Crippen molar-refractivity contribution in [2.24, 2.45) is 0 Å². The first-order valence-electron chi connectivity index (χ1n) is 6.77. The van der Waals surface area contributed by atoms with Gasteiger partial charge < -0.3 is 15.2 Å². The normalized spacial score (nSPS) is 13.3. The van der Waals surface area contributed by atoms with E-state index in [0.717, 1.165) is 24.3 Å². The Labute approximate surface area is 131 Å². The standard InChI is InChI=1S/C15H18F3NO4/c1-14(2,3)23-13(22)19-11(8-12(20)21)9-4-6-10(7-5-9)15(16,17)18/h4-7,11H,8H2,1-3H3,(H,19,22)(H,20,21)/t11-/m1/s1. The molecule has 0 aliphatic heterocycles. The minimum absolute atomic E-state index is 0.242. The number of alkyl halides is 3. The lowest BCUT2D eigenvalue weighted by Crippen LogP contribution is -2.35. The lowest BCUT2D eigenvalue weighted by molar-refractivity contribution is -0.138. The Morgan fingerprint density at radius 3 is 2.09 bits per heavy atom. The van der Waals surface area contributed by atoms with E-state index in [0.29, 0.717) is 0 Å². The number of alkyl carbamates (subject to hydrolysis) is 1. The number of carbonyl (C=O) groups is 2. The average molecular weight is 333 g/mol. The molecule has 1 rings (SSSR count). The molecule has 1 amide bonds. The van der Waals surface area contributed by atoms with E-state index in [-0.39, 0.29) is 5.56 Å². The maximum atomic E-state index is 12.5. The minimum atomic E-state index is -4.49. The summed E-state index contributed by atoms with van der Waals surface area (Å²) in [6.07, 6.45) is -5.81. The number of carboxylic acids is 1. The van der Waals surface area contributed by atoms with Crippen molar-refractivity contribution < 1.29 is 32.6 Å². The van der Waals surface area contributed by atoms with E-state index in [1.807, 2.05) is 0 Å². The van der Waals surface area contributed by atoms with Crippen LogP contribution in [-0.2, 0) is 15.7 Å². The zero-order valence-electron chi connectivity index (χ0n) is 12.9. The monoisotopic (exact) mass is 333 g/mol. The van der Waals surface area contributed by atoms with Crippen LogP contribution in [0.1, 0.15) is 44.4 Å². The maximum absolute atomic E-state index is 12.5. The van der Waals surface area contributed by atoms with Crippen molar-refractivity contribution in [3.8, 4) is 0 Å². The van der Waals surface area contributed by atoms with Crippen LogP contribution in [0.3, 0.4) is 0 Å². The molecule has 0 saturated heterocycles. The number of ether oxygens (including phenoxy) is 1. The van der Waals surface area contributed by atoms with Crippen molar-refractivity contribution in [1.29, 1.82) is 0 Å². The number of amides is 1.